The lowest BCUT2D eigenvalue weighted by atomic mass is 10.2. The molecule has 0 aliphatic carbocycles. The molecule has 0 bridgehead atoms. The van der Waals surface area contributed by atoms with Gasteiger partial charge in [0.05, 0.1) is 9.79 Å². The third kappa shape index (κ3) is 5.06. The van der Waals surface area contributed by atoms with Crippen LogP contribution in [0.1, 0.15) is 19.4 Å². The summed E-state index contributed by atoms with van der Waals surface area (Å²) < 4.78 is 50.2. The number of sulfonamides is 1. The quantitative estimate of drug-likeness (QED) is 0.765. The van der Waals surface area contributed by atoms with Crippen LogP contribution < -0.4 is 10.0 Å². The highest BCUT2D eigenvalue weighted by Crippen LogP contribution is 2.20. The molecule has 8 heteroatoms. The summed E-state index contributed by atoms with van der Waals surface area (Å²) in [5.41, 5.74) is 0.506. The second-order valence-electron chi connectivity index (χ2n) is 5.01. The third-order valence-electron chi connectivity index (χ3n) is 3.01. The average Bonchev–Trinajstić information content (AvgIpc) is 2.36. The Bertz CT molecular complexity index is 697. The molecule has 0 amide bonds. The van der Waals surface area contributed by atoms with E-state index >= 15 is 0 Å². The van der Waals surface area contributed by atoms with E-state index in [0.717, 1.165) is 12.8 Å². The van der Waals surface area contributed by atoms with Crippen molar-refractivity contribution in [3.05, 3.63) is 23.8 Å². The normalized spacial score (nSPS) is 14.1. The molecule has 0 heterocycles. The van der Waals surface area contributed by atoms with Gasteiger partial charge < -0.3 is 5.32 Å². The predicted octanol–water partition coefficient (Wildman–Crippen LogP) is 0.675. The summed E-state index contributed by atoms with van der Waals surface area (Å²) in [7, 11) is -7.19. The molecular weight excluding hydrogens is 312 g/mol. The lowest BCUT2D eigenvalue weighted by molar-refractivity contribution is 0.535. The van der Waals surface area contributed by atoms with Gasteiger partial charge in [0.15, 0.2) is 9.84 Å². The van der Waals surface area contributed by atoms with E-state index in [1.54, 1.807) is 6.92 Å². The van der Waals surface area contributed by atoms with Crippen molar-refractivity contribution >= 4 is 19.9 Å². The summed E-state index contributed by atoms with van der Waals surface area (Å²) >= 11 is 0. The lowest BCUT2D eigenvalue weighted by Crippen LogP contribution is -2.39. The van der Waals surface area contributed by atoms with Crippen LogP contribution in [-0.4, -0.2) is 42.2 Å². The number of aryl methyl sites for hydroxylation is 1. The Balaban J connectivity index is 3.08. The van der Waals surface area contributed by atoms with E-state index in [4.69, 9.17) is 0 Å². The number of likely N-dealkylation sites (N-methyl/N-ethyl adjacent to an activating group) is 1. The number of benzene rings is 1. The molecule has 0 saturated heterocycles. The Hall–Kier alpha value is -0.960. The molecule has 0 aliphatic heterocycles. The molecule has 0 saturated carbocycles. The number of hydrogen-bond donors (Lipinski definition) is 2. The van der Waals surface area contributed by atoms with Crippen molar-refractivity contribution in [1.82, 2.24) is 10.0 Å². The molecule has 21 heavy (non-hydrogen) atoms. The van der Waals surface area contributed by atoms with E-state index in [1.165, 1.54) is 18.2 Å². The minimum Gasteiger partial charge on any atom is -0.313 e. The largest absolute Gasteiger partial charge is 0.313 e. The van der Waals surface area contributed by atoms with E-state index in [1.807, 2.05) is 13.8 Å². The highest BCUT2D eigenvalue weighted by atomic mass is 32.2. The van der Waals surface area contributed by atoms with Gasteiger partial charge in [0.25, 0.3) is 0 Å². The van der Waals surface area contributed by atoms with E-state index in [2.05, 4.69) is 10.0 Å². The van der Waals surface area contributed by atoms with Gasteiger partial charge in [0.1, 0.15) is 0 Å². The van der Waals surface area contributed by atoms with Crippen molar-refractivity contribution in [2.24, 2.45) is 0 Å². The maximum Gasteiger partial charge on any atom is 0.240 e. The van der Waals surface area contributed by atoms with Gasteiger partial charge in [-0.3, -0.25) is 0 Å². The Morgan fingerprint density at radius 1 is 1.19 bits per heavy atom. The van der Waals surface area contributed by atoms with Gasteiger partial charge in [-0.15, -0.1) is 0 Å². The van der Waals surface area contributed by atoms with Crippen molar-refractivity contribution in [2.75, 3.05) is 19.3 Å². The minimum absolute atomic E-state index is 0.00544. The van der Waals surface area contributed by atoms with Crippen LogP contribution >= 0.6 is 0 Å². The molecular formula is C13H22N2O4S2. The van der Waals surface area contributed by atoms with E-state index in [9.17, 15) is 16.8 Å². The first-order chi connectivity index (χ1) is 9.58. The number of rotatable bonds is 7. The molecule has 1 aromatic carbocycles. The highest BCUT2D eigenvalue weighted by molar-refractivity contribution is 7.91. The van der Waals surface area contributed by atoms with Crippen LogP contribution in [0.15, 0.2) is 28.0 Å². The first-order valence-electron chi connectivity index (χ1n) is 6.61. The maximum absolute atomic E-state index is 12.3. The minimum atomic E-state index is -3.74. The number of hydrogen-bond acceptors (Lipinski definition) is 5. The van der Waals surface area contributed by atoms with Crippen LogP contribution in [-0.2, 0) is 19.9 Å². The van der Waals surface area contributed by atoms with Crippen molar-refractivity contribution in [3.63, 3.8) is 0 Å². The van der Waals surface area contributed by atoms with Crippen LogP contribution in [0.3, 0.4) is 0 Å². The first-order valence-corrected chi connectivity index (χ1v) is 9.99. The molecule has 0 unspecified atom stereocenters. The molecule has 0 aromatic heterocycles. The monoisotopic (exact) mass is 334 g/mol. The van der Waals surface area contributed by atoms with E-state index < -0.39 is 19.9 Å². The van der Waals surface area contributed by atoms with E-state index in [0.29, 0.717) is 5.56 Å². The summed E-state index contributed by atoms with van der Waals surface area (Å²) in [6.07, 6.45) is 1.05. The van der Waals surface area contributed by atoms with Crippen LogP contribution in [0.25, 0.3) is 0 Å². The second kappa shape index (κ2) is 6.87. The third-order valence-corrected chi connectivity index (χ3v) is 5.69. The fourth-order valence-corrected chi connectivity index (χ4v) is 3.95. The Labute approximate surface area is 126 Å². The van der Waals surface area contributed by atoms with Crippen LogP contribution in [0.5, 0.6) is 0 Å². The summed E-state index contributed by atoms with van der Waals surface area (Å²) in [6, 6.07) is 4.09. The SMILES string of the molecule is CCN[C@H](C)CNS(=O)(=O)c1cc(S(C)(=O)=O)ccc1C. The van der Waals surface area contributed by atoms with E-state index in [-0.39, 0.29) is 22.4 Å². The van der Waals surface area contributed by atoms with Crippen molar-refractivity contribution in [2.45, 2.75) is 36.6 Å². The zero-order chi connectivity index (χ0) is 16.3. The standard InChI is InChI=1S/C13H22N2O4S2/c1-5-14-11(3)9-15-21(18,19)13-8-12(20(4,16)17)7-6-10(13)2/h6-8,11,14-15H,5,9H2,1-4H3/t11-/m1/s1. The zero-order valence-electron chi connectivity index (χ0n) is 12.7. The van der Waals surface area contributed by atoms with Crippen LogP contribution in [0.4, 0.5) is 0 Å². The summed E-state index contributed by atoms with van der Waals surface area (Å²) in [5, 5.41) is 3.10. The molecule has 0 fully saturated rings. The van der Waals surface area contributed by atoms with Crippen molar-refractivity contribution in [3.8, 4) is 0 Å². The lowest BCUT2D eigenvalue weighted by Gasteiger charge is -2.15. The Kier molecular flexibility index (Phi) is 5.92. The summed E-state index contributed by atoms with van der Waals surface area (Å²) in [5.74, 6) is 0. The van der Waals surface area contributed by atoms with Crippen LogP contribution in [0.2, 0.25) is 0 Å². The molecule has 0 radical (unpaired) electrons. The van der Waals surface area contributed by atoms with Gasteiger partial charge in [0, 0.05) is 18.8 Å². The van der Waals surface area contributed by atoms with Gasteiger partial charge in [-0.2, -0.15) is 0 Å². The van der Waals surface area contributed by atoms with Crippen molar-refractivity contribution in [1.29, 1.82) is 0 Å². The van der Waals surface area contributed by atoms with Gasteiger partial charge in [-0.25, -0.2) is 21.6 Å². The Morgan fingerprint density at radius 2 is 1.81 bits per heavy atom. The van der Waals surface area contributed by atoms with Gasteiger partial charge in [0.2, 0.25) is 10.0 Å². The van der Waals surface area contributed by atoms with Gasteiger partial charge in [-0.1, -0.05) is 13.0 Å². The second-order valence-corrected chi connectivity index (χ2v) is 8.76. The topological polar surface area (TPSA) is 92.3 Å². The maximum atomic E-state index is 12.3. The van der Waals surface area contributed by atoms with Crippen molar-refractivity contribution < 1.29 is 16.8 Å². The molecule has 120 valence electrons. The molecule has 2 N–H and O–H groups in total. The number of sulfone groups is 1. The molecule has 1 rings (SSSR count). The highest BCUT2D eigenvalue weighted by Gasteiger charge is 2.20. The molecule has 1 atom stereocenters. The molecule has 6 nitrogen and oxygen atoms in total. The van der Waals surface area contributed by atoms with Gasteiger partial charge in [-0.05, 0) is 38.1 Å². The Morgan fingerprint density at radius 3 is 2.33 bits per heavy atom. The zero-order valence-corrected chi connectivity index (χ0v) is 14.3. The van der Waals surface area contributed by atoms with Crippen LogP contribution in [0, 0.1) is 6.92 Å². The average molecular weight is 334 g/mol. The summed E-state index contributed by atoms with van der Waals surface area (Å²) in [6.45, 7) is 6.41. The molecule has 0 spiro atoms. The predicted molar refractivity (Wildman–Crippen MR) is 82.6 cm³/mol. The smallest absolute Gasteiger partial charge is 0.240 e. The number of nitrogens with one attached hydrogen (secondary N) is 2. The molecule has 1 aromatic rings. The summed E-state index contributed by atoms with van der Waals surface area (Å²) in [4.78, 5) is -0.0117. The fourth-order valence-electron chi connectivity index (χ4n) is 1.83. The fraction of sp³-hybridized carbons (Fsp3) is 0.538. The van der Waals surface area contributed by atoms with Gasteiger partial charge >= 0.3 is 0 Å². The first kappa shape index (κ1) is 18.1. The molecule has 0 aliphatic rings.